The van der Waals surface area contributed by atoms with E-state index in [9.17, 15) is 18.0 Å². The molecule has 0 aromatic heterocycles. The predicted molar refractivity (Wildman–Crippen MR) is 99.0 cm³/mol. The van der Waals surface area contributed by atoms with Gasteiger partial charge in [-0.1, -0.05) is 31.5 Å². The Kier molecular flexibility index (Phi) is 8.23. The topological polar surface area (TPSA) is 102 Å². The molecule has 0 saturated carbocycles. The number of esters is 1. The van der Waals surface area contributed by atoms with Crippen LogP contribution in [0.15, 0.2) is 29.2 Å². The summed E-state index contributed by atoms with van der Waals surface area (Å²) < 4.78 is 32.4. The number of sulfonamides is 1. The highest BCUT2D eigenvalue weighted by Gasteiger charge is 2.28. The average molecular weight is 384 g/mol. The van der Waals surface area contributed by atoms with Crippen molar-refractivity contribution < 1.29 is 22.7 Å². The van der Waals surface area contributed by atoms with Crippen LogP contribution < -0.4 is 10.0 Å². The molecule has 1 rings (SSSR count). The second-order valence-corrected chi connectivity index (χ2v) is 8.66. The van der Waals surface area contributed by atoms with E-state index in [2.05, 4.69) is 10.0 Å². The lowest BCUT2D eigenvalue weighted by molar-refractivity contribution is -0.150. The Hall–Kier alpha value is -1.93. The number of ether oxygens (including phenoxy) is 1. The fourth-order valence-electron chi connectivity index (χ4n) is 2.24. The number of carbonyl (C=O) groups excluding carboxylic acids is 2. The second-order valence-electron chi connectivity index (χ2n) is 6.95. The maximum absolute atomic E-state index is 12.5. The summed E-state index contributed by atoms with van der Waals surface area (Å²) in [6, 6.07) is 5.18. The van der Waals surface area contributed by atoms with Gasteiger partial charge in [0.25, 0.3) is 5.91 Å². The Morgan fingerprint density at radius 1 is 1.08 bits per heavy atom. The molecule has 0 fully saturated rings. The van der Waals surface area contributed by atoms with Crippen LogP contribution in [-0.4, -0.2) is 39.0 Å². The third-order valence-corrected chi connectivity index (χ3v) is 4.90. The minimum Gasteiger partial charge on any atom is -0.454 e. The van der Waals surface area contributed by atoms with Gasteiger partial charge in [-0.25, -0.2) is 8.42 Å². The van der Waals surface area contributed by atoms with Crippen LogP contribution in [0.4, 0.5) is 0 Å². The molecule has 0 heterocycles. The van der Waals surface area contributed by atoms with Crippen molar-refractivity contribution in [1.29, 1.82) is 0 Å². The van der Waals surface area contributed by atoms with E-state index in [1.165, 1.54) is 12.1 Å². The molecule has 0 spiro atoms. The normalized spacial score (nSPS) is 12.9. The molecule has 2 N–H and O–H groups in total. The summed E-state index contributed by atoms with van der Waals surface area (Å²) in [5.74, 6) is -1.15. The van der Waals surface area contributed by atoms with Crippen molar-refractivity contribution in [3.63, 3.8) is 0 Å². The lowest BCUT2D eigenvalue weighted by Crippen LogP contribution is -2.44. The van der Waals surface area contributed by atoms with Crippen LogP contribution in [-0.2, 0) is 24.3 Å². The minimum atomic E-state index is -3.88. The van der Waals surface area contributed by atoms with Crippen LogP contribution in [0.1, 0.15) is 39.7 Å². The van der Waals surface area contributed by atoms with Gasteiger partial charge in [0.1, 0.15) is 6.04 Å². The van der Waals surface area contributed by atoms with Crippen molar-refractivity contribution in [2.24, 2.45) is 5.92 Å². The fourth-order valence-corrected chi connectivity index (χ4v) is 3.43. The highest BCUT2D eigenvalue weighted by Crippen LogP contribution is 2.14. The summed E-state index contributed by atoms with van der Waals surface area (Å²) in [6.45, 7) is 8.72. The molecule has 0 aliphatic heterocycles. The Morgan fingerprint density at radius 3 is 2.15 bits per heavy atom. The summed E-state index contributed by atoms with van der Waals surface area (Å²) in [6.07, 6.45) is 0.260. The summed E-state index contributed by atoms with van der Waals surface area (Å²) in [7, 11) is -3.88. The number of amides is 1. The molecular weight excluding hydrogens is 356 g/mol. The first kappa shape index (κ1) is 22.1. The second kappa shape index (κ2) is 9.68. The van der Waals surface area contributed by atoms with E-state index in [0.29, 0.717) is 0 Å². The van der Waals surface area contributed by atoms with E-state index < -0.39 is 34.5 Å². The van der Waals surface area contributed by atoms with Crippen molar-refractivity contribution >= 4 is 21.9 Å². The van der Waals surface area contributed by atoms with Gasteiger partial charge < -0.3 is 10.1 Å². The monoisotopic (exact) mass is 384 g/mol. The maximum atomic E-state index is 12.5. The third kappa shape index (κ3) is 7.53. The van der Waals surface area contributed by atoms with Crippen molar-refractivity contribution in [3.05, 3.63) is 29.8 Å². The first-order valence-electron chi connectivity index (χ1n) is 8.56. The van der Waals surface area contributed by atoms with Crippen LogP contribution in [0.5, 0.6) is 0 Å². The number of hydrogen-bond acceptors (Lipinski definition) is 5. The van der Waals surface area contributed by atoms with E-state index >= 15 is 0 Å². The van der Waals surface area contributed by atoms with Gasteiger partial charge in [0.15, 0.2) is 6.61 Å². The first-order valence-corrected chi connectivity index (χ1v) is 10.0. The standard InChI is InChI=1S/C18H28N2O5S/c1-12(2)10-16(18(22)25-11-17(21)19-13(3)4)20-26(23,24)15-8-6-14(5)7-9-15/h6-9,12-13,16,20H,10-11H2,1-5H3,(H,19,21)/t16-/m0/s1. The quantitative estimate of drug-likeness (QED) is 0.632. The number of carbonyl (C=O) groups is 2. The van der Waals surface area contributed by atoms with E-state index in [-0.39, 0.29) is 23.3 Å². The number of hydrogen-bond donors (Lipinski definition) is 2. The van der Waals surface area contributed by atoms with Gasteiger partial charge in [0, 0.05) is 6.04 Å². The van der Waals surface area contributed by atoms with Gasteiger partial charge in [0.05, 0.1) is 4.90 Å². The largest absolute Gasteiger partial charge is 0.454 e. The van der Waals surface area contributed by atoms with Crippen molar-refractivity contribution in [2.75, 3.05) is 6.61 Å². The summed E-state index contributed by atoms with van der Waals surface area (Å²) in [5, 5.41) is 2.60. The molecule has 0 aliphatic carbocycles. The van der Waals surface area contributed by atoms with Crippen LogP contribution in [0.25, 0.3) is 0 Å². The molecule has 1 amide bonds. The molecule has 1 aromatic carbocycles. The molecule has 1 aromatic rings. The Labute approximate surface area is 155 Å². The zero-order valence-corrected chi connectivity index (χ0v) is 16.7. The van der Waals surface area contributed by atoms with Gasteiger partial charge in [-0.3, -0.25) is 9.59 Å². The average Bonchev–Trinajstić information content (AvgIpc) is 2.51. The van der Waals surface area contributed by atoms with Crippen molar-refractivity contribution in [3.8, 4) is 0 Å². The van der Waals surface area contributed by atoms with E-state index in [1.54, 1.807) is 26.0 Å². The van der Waals surface area contributed by atoms with Crippen LogP contribution in [0.3, 0.4) is 0 Å². The molecule has 0 unspecified atom stereocenters. The van der Waals surface area contributed by atoms with Gasteiger partial charge in [-0.15, -0.1) is 0 Å². The first-order chi connectivity index (χ1) is 12.0. The smallest absolute Gasteiger partial charge is 0.324 e. The van der Waals surface area contributed by atoms with Crippen LogP contribution >= 0.6 is 0 Å². The van der Waals surface area contributed by atoms with Crippen LogP contribution in [0, 0.1) is 12.8 Å². The molecule has 0 bridgehead atoms. The van der Waals surface area contributed by atoms with E-state index in [0.717, 1.165) is 5.56 Å². The SMILES string of the molecule is Cc1ccc(S(=O)(=O)N[C@@H](CC(C)C)C(=O)OCC(=O)NC(C)C)cc1. The molecule has 146 valence electrons. The van der Waals surface area contributed by atoms with Gasteiger partial charge >= 0.3 is 5.97 Å². The molecule has 1 atom stereocenters. The highest BCUT2D eigenvalue weighted by atomic mass is 32.2. The van der Waals surface area contributed by atoms with Crippen molar-refractivity contribution in [1.82, 2.24) is 10.0 Å². The molecule has 0 saturated heterocycles. The lowest BCUT2D eigenvalue weighted by atomic mass is 10.1. The van der Waals surface area contributed by atoms with Crippen LogP contribution in [0.2, 0.25) is 0 Å². The minimum absolute atomic E-state index is 0.0535. The van der Waals surface area contributed by atoms with Gasteiger partial charge in [0.2, 0.25) is 10.0 Å². The van der Waals surface area contributed by atoms with E-state index in [1.807, 2.05) is 20.8 Å². The number of nitrogens with one attached hydrogen (secondary N) is 2. The van der Waals surface area contributed by atoms with E-state index in [4.69, 9.17) is 4.74 Å². The third-order valence-electron chi connectivity index (χ3n) is 3.42. The zero-order chi connectivity index (χ0) is 19.9. The Balaban J connectivity index is 2.83. The number of rotatable bonds is 9. The number of benzene rings is 1. The maximum Gasteiger partial charge on any atom is 0.324 e. The number of aryl methyl sites for hydroxylation is 1. The van der Waals surface area contributed by atoms with Gasteiger partial charge in [-0.2, -0.15) is 4.72 Å². The van der Waals surface area contributed by atoms with Gasteiger partial charge in [-0.05, 0) is 45.2 Å². The zero-order valence-electron chi connectivity index (χ0n) is 15.9. The Bertz CT molecular complexity index is 712. The van der Waals surface area contributed by atoms with Crippen molar-refractivity contribution in [2.45, 2.75) is 58.0 Å². The summed E-state index contributed by atoms with van der Waals surface area (Å²) in [4.78, 5) is 24.0. The fraction of sp³-hybridized carbons (Fsp3) is 0.556. The molecule has 7 nitrogen and oxygen atoms in total. The summed E-state index contributed by atoms with van der Waals surface area (Å²) in [5.41, 5.74) is 0.929. The predicted octanol–water partition coefficient (Wildman–Crippen LogP) is 1.76. The lowest BCUT2D eigenvalue weighted by Gasteiger charge is -2.19. The molecule has 0 aliphatic rings. The molecule has 26 heavy (non-hydrogen) atoms. The Morgan fingerprint density at radius 2 is 1.65 bits per heavy atom. The molecule has 8 heteroatoms. The molecule has 0 radical (unpaired) electrons. The molecular formula is C18H28N2O5S. The summed E-state index contributed by atoms with van der Waals surface area (Å²) >= 11 is 0. The highest BCUT2D eigenvalue weighted by molar-refractivity contribution is 7.89.